The maximum atomic E-state index is 12.0. The lowest BCUT2D eigenvalue weighted by atomic mass is 10.2. The van der Waals surface area contributed by atoms with Gasteiger partial charge in [-0.25, -0.2) is 0 Å². The highest BCUT2D eigenvalue weighted by Gasteiger charge is 2.04. The van der Waals surface area contributed by atoms with E-state index in [-0.39, 0.29) is 12.5 Å². The Morgan fingerprint density at radius 3 is 2.84 bits per heavy atom. The summed E-state index contributed by atoms with van der Waals surface area (Å²) in [6.07, 6.45) is 6.17. The Bertz CT molecular complexity index is 596. The molecule has 7 heteroatoms. The summed E-state index contributed by atoms with van der Waals surface area (Å²) in [5, 5.41) is 8.85. The minimum atomic E-state index is -0.181. The molecule has 1 rings (SSSR count). The topological polar surface area (TPSA) is 84.0 Å². The van der Waals surface area contributed by atoms with Gasteiger partial charge in [0.05, 0.1) is 19.8 Å². The monoisotopic (exact) mass is 346 g/mol. The number of rotatable bonds is 10. The number of nitrogens with one attached hydrogen (secondary N) is 3. The van der Waals surface area contributed by atoms with E-state index in [4.69, 9.17) is 15.9 Å². The van der Waals surface area contributed by atoms with Crippen LogP contribution >= 0.6 is 0 Å². The summed E-state index contributed by atoms with van der Waals surface area (Å²) in [6.45, 7) is 2.61. The molecular weight excluding hydrogens is 320 g/mol. The number of guanidine groups is 1. The van der Waals surface area contributed by atoms with Crippen LogP contribution in [0.2, 0.25) is 0 Å². The van der Waals surface area contributed by atoms with E-state index >= 15 is 0 Å². The third-order valence-electron chi connectivity index (χ3n) is 3.14. The molecule has 3 N–H and O–H groups in total. The minimum Gasteiger partial charge on any atom is -0.382 e. The Labute approximate surface area is 149 Å². The normalized spacial score (nSPS) is 10.8. The summed E-state index contributed by atoms with van der Waals surface area (Å²) in [7, 11) is 3.29. The molecule has 0 unspecified atom stereocenters. The van der Waals surface area contributed by atoms with Crippen LogP contribution < -0.4 is 16.0 Å². The molecule has 0 fully saturated rings. The average molecular weight is 346 g/mol. The number of hydrogen-bond donors (Lipinski definition) is 3. The number of methoxy groups -OCH3 is 1. The number of nitrogens with zero attached hydrogens (tertiary/aromatic N) is 1. The van der Waals surface area contributed by atoms with Gasteiger partial charge in [-0.2, -0.15) is 0 Å². The third kappa shape index (κ3) is 9.35. The molecule has 1 aromatic carbocycles. The zero-order chi connectivity index (χ0) is 18.3. The summed E-state index contributed by atoms with van der Waals surface area (Å²) in [5.74, 6) is 2.91. The van der Waals surface area contributed by atoms with Crippen molar-refractivity contribution in [3.63, 3.8) is 0 Å². The fourth-order valence-electron chi connectivity index (χ4n) is 1.90. The SMILES string of the molecule is C#Cc1cccc(NC(=O)CNC(=NC)NCCCOCCOC)c1. The third-order valence-corrected chi connectivity index (χ3v) is 3.14. The Morgan fingerprint density at radius 1 is 1.28 bits per heavy atom. The molecule has 1 amide bonds. The highest BCUT2D eigenvalue weighted by molar-refractivity contribution is 5.95. The first-order valence-electron chi connectivity index (χ1n) is 8.07. The Balaban J connectivity index is 2.23. The number of carbonyl (C=O) groups is 1. The quantitative estimate of drug-likeness (QED) is 0.253. The number of terminal acetylenes is 1. The van der Waals surface area contributed by atoms with Crippen LogP contribution in [0.15, 0.2) is 29.3 Å². The second-order valence-electron chi connectivity index (χ2n) is 5.08. The summed E-state index contributed by atoms with van der Waals surface area (Å²) in [6, 6.07) is 7.13. The highest BCUT2D eigenvalue weighted by Crippen LogP contribution is 2.09. The van der Waals surface area contributed by atoms with Crippen LogP contribution in [0, 0.1) is 12.3 Å². The Hall–Kier alpha value is -2.56. The molecule has 25 heavy (non-hydrogen) atoms. The van der Waals surface area contributed by atoms with Gasteiger partial charge in [0.2, 0.25) is 5.91 Å². The number of carbonyl (C=O) groups excluding carboxylic acids is 1. The molecular formula is C18H26N4O3. The van der Waals surface area contributed by atoms with Crippen LogP contribution in [-0.2, 0) is 14.3 Å². The van der Waals surface area contributed by atoms with Crippen LogP contribution in [0.25, 0.3) is 0 Å². The number of anilines is 1. The fourth-order valence-corrected chi connectivity index (χ4v) is 1.90. The predicted octanol–water partition coefficient (Wildman–Crippen LogP) is 0.825. The molecule has 0 aliphatic carbocycles. The van der Waals surface area contributed by atoms with Gasteiger partial charge < -0.3 is 25.4 Å². The number of ether oxygens (including phenoxy) is 2. The summed E-state index contributed by atoms with van der Waals surface area (Å²) < 4.78 is 10.3. The fraction of sp³-hybridized carbons (Fsp3) is 0.444. The molecule has 0 radical (unpaired) electrons. The largest absolute Gasteiger partial charge is 0.382 e. The number of hydrogen-bond acceptors (Lipinski definition) is 4. The molecule has 1 aromatic rings. The van der Waals surface area contributed by atoms with Crippen molar-refractivity contribution < 1.29 is 14.3 Å². The lowest BCUT2D eigenvalue weighted by Gasteiger charge is -2.12. The van der Waals surface area contributed by atoms with Crippen molar-refractivity contribution in [3.05, 3.63) is 29.8 Å². The molecule has 0 bridgehead atoms. The van der Waals surface area contributed by atoms with E-state index in [0.29, 0.717) is 38.0 Å². The standard InChI is InChI=1S/C18H26N4O3/c1-4-15-7-5-8-16(13-15)22-17(23)14-21-18(19-2)20-9-6-10-25-12-11-24-3/h1,5,7-8,13H,6,9-12,14H2,2-3H3,(H,22,23)(H2,19,20,21). The molecule has 7 nitrogen and oxygen atoms in total. The first-order chi connectivity index (χ1) is 12.2. The van der Waals surface area contributed by atoms with E-state index in [2.05, 4.69) is 26.9 Å². The van der Waals surface area contributed by atoms with Crippen LogP contribution in [0.1, 0.15) is 12.0 Å². The van der Waals surface area contributed by atoms with Gasteiger partial charge in [0, 0.05) is 38.6 Å². The van der Waals surface area contributed by atoms with Gasteiger partial charge in [0.1, 0.15) is 0 Å². The van der Waals surface area contributed by atoms with Crippen LogP contribution in [0.5, 0.6) is 0 Å². The first-order valence-corrected chi connectivity index (χ1v) is 8.07. The van der Waals surface area contributed by atoms with Gasteiger partial charge >= 0.3 is 0 Å². The lowest BCUT2D eigenvalue weighted by Crippen LogP contribution is -2.41. The van der Waals surface area contributed by atoms with Crippen molar-refractivity contribution in [1.29, 1.82) is 0 Å². The Morgan fingerprint density at radius 2 is 2.12 bits per heavy atom. The van der Waals surface area contributed by atoms with Gasteiger partial charge in [-0.05, 0) is 24.6 Å². The van der Waals surface area contributed by atoms with Crippen molar-refractivity contribution in [2.75, 3.05) is 52.4 Å². The number of amides is 1. The van der Waals surface area contributed by atoms with Crippen molar-refractivity contribution in [2.24, 2.45) is 4.99 Å². The van der Waals surface area contributed by atoms with E-state index in [1.165, 1.54) is 0 Å². The predicted molar refractivity (Wildman–Crippen MR) is 99.7 cm³/mol. The van der Waals surface area contributed by atoms with Gasteiger partial charge in [0.25, 0.3) is 0 Å². The molecule has 0 saturated carbocycles. The smallest absolute Gasteiger partial charge is 0.243 e. The number of aliphatic imine (C=N–C) groups is 1. The number of benzene rings is 1. The molecule has 0 spiro atoms. The average Bonchev–Trinajstić information content (AvgIpc) is 2.63. The van der Waals surface area contributed by atoms with E-state index < -0.39 is 0 Å². The van der Waals surface area contributed by atoms with Crippen molar-refractivity contribution in [1.82, 2.24) is 10.6 Å². The van der Waals surface area contributed by atoms with Crippen LogP contribution in [0.3, 0.4) is 0 Å². The van der Waals surface area contributed by atoms with E-state index in [9.17, 15) is 4.79 Å². The zero-order valence-electron chi connectivity index (χ0n) is 14.8. The van der Waals surface area contributed by atoms with Gasteiger partial charge in [-0.1, -0.05) is 12.0 Å². The molecule has 0 saturated heterocycles. The summed E-state index contributed by atoms with van der Waals surface area (Å²) in [4.78, 5) is 16.0. The maximum absolute atomic E-state index is 12.0. The van der Waals surface area contributed by atoms with Gasteiger partial charge in [0.15, 0.2) is 5.96 Å². The van der Waals surface area contributed by atoms with E-state index in [1.54, 1.807) is 38.4 Å². The Kier molecular flexibility index (Phi) is 10.5. The van der Waals surface area contributed by atoms with Gasteiger partial charge in [-0.3, -0.25) is 9.79 Å². The van der Waals surface area contributed by atoms with Crippen molar-refractivity contribution in [3.8, 4) is 12.3 Å². The second kappa shape index (κ2) is 12.8. The van der Waals surface area contributed by atoms with Crippen molar-refractivity contribution in [2.45, 2.75) is 6.42 Å². The first kappa shape index (κ1) is 20.5. The summed E-state index contributed by atoms with van der Waals surface area (Å²) in [5.41, 5.74) is 1.38. The van der Waals surface area contributed by atoms with E-state index in [1.807, 2.05) is 0 Å². The minimum absolute atomic E-state index is 0.101. The second-order valence-corrected chi connectivity index (χ2v) is 5.08. The lowest BCUT2D eigenvalue weighted by molar-refractivity contribution is -0.115. The highest BCUT2D eigenvalue weighted by atomic mass is 16.5. The van der Waals surface area contributed by atoms with Gasteiger partial charge in [-0.15, -0.1) is 6.42 Å². The summed E-state index contributed by atoms with van der Waals surface area (Å²) >= 11 is 0. The van der Waals surface area contributed by atoms with Crippen molar-refractivity contribution >= 4 is 17.6 Å². The van der Waals surface area contributed by atoms with E-state index in [0.717, 1.165) is 12.0 Å². The molecule has 0 heterocycles. The maximum Gasteiger partial charge on any atom is 0.243 e. The van der Waals surface area contributed by atoms with Crippen LogP contribution in [0.4, 0.5) is 5.69 Å². The van der Waals surface area contributed by atoms with Crippen LogP contribution in [-0.4, -0.2) is 58.9 Å². The molecule has 0 aromatic heterocycles. The zero-order valence-corrected chi connectivity index (χ0v) is 14.8. The molecule has 136 valence electrons. The molecule has 0 aliphatic heterocycles. The molecule has 0 atom stereocenters. The molecule has 0 aliphatic rings.